The summed E-state index contributed by atoms with van der Waals surface area (Å²) < 4.78 is 5.96. The lowest BCUT2D eigenvalue weighted by Gasteiger charge is -2.39. The third kappa shape index (κ3) is 2.87. The van der Waals surface area contributed by atoms with Crippen molar-refractivity contribution in [2.75, 3.05) is 26.2 Å². The number of aryl methyl sites for hydroxylation is 1. The standard InChI is InChI=1S/C22H25NO/c1-18-6-2-5-9-21(18)24-17-16-23-14-12-22(13-15-23)11-10-19-7-3-4-8-20(19)22/h2-11H,12-17H2,1H3. The van der Waals surface area contributed by atoms with Crippen LogP contribution in [0.25, 0.3) is 6.08 Å². The minimum atomic E-state index is 0.282. The third-order valence-electron chi connectivity index (χ3n) is 5.59. The number of hydrogen-bond donors (Lipinski definition) is 0. The second-order valence-electron chi connectivity index (χ2n) is 7.03. The number of rotatable bonds is 4. The molecule has 1 saturated heterocycles. The fraction of sp³-hybridized carbons (Fsp3) is 0.364. The zero-order chi connectivity index (χ0) is 16.4. The molecule has 2 aromatic rings. The summed E-state index contributed by atoms with van der Waals surface area (Å²) in [6, 6.07) is 17.1. The summed E-state index contributed by atoms with van der Waals surface area (Å²) in [5.74, 6) is 1.01. The summed E-state index contributed by atoms with van der Waals surface area (Å²) in [5.41, 5.74) is 4.43. The first-order valence-electron chi connectivity index (χ1n) is 8.96. The van der Waals surface area contributed by atoms with E-state index >= 15 is 0 Å². The van der Waals surface area contributed by atoms with Crippen molar-refractivity contribution in [1.29, 1.82) is 0 Å². The second-order valence-corrected chi connectivity index (χ2v) is 7.03. The van der Waals surface area contributed by atoms with Gasteiger partial charge in [0, 0.05) is 12.0 Å². The molecule has 1 aliphatic heterocycles. The Hall–Kier alpha value is -2.06. The summed E-state index contributed by atoms with van der Waals surface area (Å²) in [7, 11) is 0. The van der Waals surface area contributed by atoms with Crippen LogP contribution in [0.1, 0.15) is 29.5 Å². The number of piperidine rings is 1. The smallest absolute Gasteiger partial charge is 0.122 e. The fourth-order valence-electron chi connectivity index (χ4n) is 4.05. The quantitative estimate of drug-likeness (QED) is 0.826. The van der Waals surface area contributed by atoms with Gasteiger partial charge >= 0.3 is 0 Å². The van der Waals surface area contributed by atoms with Crippen LogP contribution in [-0.4, -0.2) is 31.1 Å². The largest absolute Gasteiger partial charge is 0.492 e. The summed E-state index contributed by atoms with van der Waals surface area (Å²) in [6.07, 6.45) is 7.18. The molecule has 0 radical (unpaired) electrons. The number of benzene rings is 2. The van der Waals surface area contributed by atoms with Crippen LogP contribution in [0.2, 0.25) is 0 Å². The van der Waals surface area contributed by atoms with Crippen molar-refractivity contribution in [2.45, 2.75) is 25.2 Å². The molecule has 1 aliphatic carbocycles. The molecule has 0 amide bonds. The maximum Gasteiger partial charge on any atom is 0.122 e. The third-order valence-corrected chi connectivity index (χ3v) is 5.59. The van der Waals surface area contributed by atoms with E-state index in [2.05, 4.69) is 66.4 Å². The monoisotopic (exact) mass is 319 g/mol. The molecule has 0 unspecified atom stereocenters. The lowest BCUT2D eigenvalue weighted by atomic mass is 9.74. The van der Waals surface area contributed by atoms with Crippen LogP contribution in [0.4, 0.5) is 0 Å². The first-order valence-corrected chi connectivity index (χ1v) is 8.96. The number of allylic oxidation sites excluding steroid dienone is 1. The van der Waals surface area contributed by atoms with Crippen LogP contribution >= 0.6 is 0 Å². The SMILES string of the molecule is Cc1ccccc1OCCN1CCC2(C=Cc3ccccc32)CC1. The van der Waals surface area contributed by atoms with Crippen molar-refractivity contribution < 1.29 is 4.74 Å². The zero-order valence-electron chi connectivity index (χ0n) is 14.4. The maximum absolute atomic E-state index is 5.96. The van der Waals surface area contributed by atoms with Crippen LogP contribution in [0.3, 0.4) is 0 Å². The van der Waals surface area contributed by atoms with Gasteiger partial charge in [0.15, 0.2) is 0 Å². The number of fused-ring (bicyclic) bond motifs is 2. The average molecular weight is 319 g/mol. The van der Waals surface area contributed by atoms with Gasteiger partial charge in [0.05, 0.1) is 0 Å². The normalized spacial score (nSPS) is 18.7. The summed E-state index contributed by atoms with van der Waals surface area (Å²) in [5, 5.41) is 0. The first-order chi connectivity index (χ1) is 11.8. The predicted octanol–water partition coefficient (Wildman–Crippen LogP) is 4.43. The predicted molar refractivity (Wildman–Crippen MR) is 99.5 cm³/mol. The number of likely N-dealkylation sites (tertiary alicyclic amines) is 1. The van der Waals surface area contributed by atoms with E-state index in [1.165, 1.54) is 29.5 Å². The van der Waals surface area contributed by atoms with Crippen molar-refractivity contribution in [2.24, 2.45) is 0 Å². The summed E-state index contributed by atoms with van der Waals surface area (Å²) in [4.78, 5) is 2.54. The van der Waals surface area contributed by atoms with Crippen LogP contribution in [0.5, 0.6) is 5.75 Å². The van der Waals surface area contributed by atoms with Crippen molar-refractivity contribution >= 4 is 6.08 Å². The molecule has 2 nitrogen and oxygen atoms in total. The minimum absolute atomic E-state index is 0.282. The van der Waals surface area contributed by atoms with Gasteiger partial charge in [-0.3, -0.25) is 4.90 Å². The Morgan fingerprint density at radius 2 is 1.75 bits per heavy atom. The Morgan fingerprint density at radius 3 is 2.58 bits per heavy atom. The van der Waals surface area contributed by atoms with Crippen LogP contribution < -0.4 is 4.74 Å². The Kier molecular flexibility index (Phi) is 4.15. The molecule has 2 aliphatic rings. The first kappa shape index (κ1) is 15.5. The van der Waals surface area contributed by atoms with E-state index < -0.39 is 0 Å². The van der Waals surface area contributed by atoms with Crippen molar-refractivity contribution in [3.05, 3.63) is 71.3 Å². The number of ether oxygens (including phenoxy) is 1. The van der Waals surface area contributed by atoms with Crippen molar-refractivity contribution in [3.8, 4) is 5.75 Å². The molecule has 1 fully saturated rings. The van der Waals surface area contributed by atoms with Crippen LogP contribution in [0, 0.1) is 6.92 Å². The molecule has 4 rings (SSSR count). The van der Waals surface area contributed by atoms with Gasteiger partial charge in [0.1, 0.15) is 12.4 Å². The molecule has 0 aromatic heterocycles. The fourth-order valence-corrected chi connectivity index (χ4v) is 4.05. The lowest BCUT2D eigenvalue weighted by molar-refractivity contribution is 0.154. The molecule has 124 valence electrons. The molecular weight excluding hydrogens is 294 g/mol. The van der Waals surface area contributed by atoms with Crippen molar-refractivity contribution in [1.82, 2.24) is 4.90 Å². The highest BCUT2D eigenvalue weighted by atomic mass is 16.5. The highest BCUT2D eigenvalue weighted by Gasteiger charge is 2.37. The van der Waals surface area contributed by atoms with Gasteiger partial charge in [-0.1, -0.05) is 54.6 Å². The molecule has 24 heavy (non-hydrogen) atoms. The van der Waals surface area contributed by atoms with Gasteiger partial charge in [-0.25, -0.2) is 0 Å². The number of para-hydroxylation sites is 1. The Morgan fingerprint density at radius 1 is 1.00 bits per heavy atom. The molecule has 2 heteroatoms. The van der Waals surface area contributed by atoms with E-state index in [0.717, 1.165) is 32.0 Å². The Labute approximate surface area is 144 Å². The van der Waals surface area contributed by atoms with Gasteiger partial charge < -0.3 is 4.74 Å². The molecule has 0 N–H and O–H groups in total. The van der Waals surface area contributed by atoms with Gasteiger partial charge in [0.2, 0.25) is 0 Å². The maximum atomic E-state index is 5.96. The van der Waals surface area contributed by atoms with E-state index in [9.17, 15) is 0 Å². The van der Waals surface area contributed by atoms with E-state index in [1.54, 1.807) is 0 Å². The van der Waals surface area contributed by atoms with E-state index in [-0.39, 0.29) is 5.41 Å². The molecule has 2 aromatic carbocycles. The zero-order valence-corrected chi connectivity index (χ0v) is 14.4. The summed E-state index contributed by atoms with van der Waals surface area (Å²) in [6.45, 7) is 6.18. The molecule has 0 bridgehead atoms. The summed E-state index contributed by atoms with van der Waals surface area (Å²) >= 11 is 0. The number of hydrogen-bond acceptors (Lipinski definition) is 2. The van der Waals surface area contributed by atoms with E-state index in [0.29, 0.717) is 0 Å². The molecule has 0 saturated carbocycles. The van der Waals surface area contributed by atoms with E-state index in [1.807, 2.05) is 6.07 Å². The Bertz CT molecular complexity index is 741. The highest BCUT2D eigenvalue weighted by molar-refractivity contribution is 5.65. The number of nitrogens with zero attached hydrogens (tertiary/aromatic N) is 1. The van der Waals surface area contributed by atoms with Crippen molar-refractivity contribution in [3.63, 3.8) is 0 Å². The van der Waals surface area contributed by atoms with Gasteiger partial charge in [-0.05, 0) is 55.6 Å². The van der Waals surface area contributed by atoms with Gasteiger partial charge in [-0.15, -0.1) is 0 Å². The van der Waals surface area contributed by atoms with Gasteiger partial charge in [0.25, 0.3) is 0 Å². The minimum Gasteiger partial charge on any atom is -0.492 e. The topological polar surface area (TPSA) is 12.5 Å². The highest BCUT2D eigenvalue weighted by Crippen LogP contribution is 2.43. The molecule has 0 atom stereocenters. The molecular formula is C22H25NO. The van der Waals surface area contributed by atoms with E-state index in [4.69, 9.17) is 4.74 Å². The van der Waals surface area contributed by atoms with Crippen LogP contribution in [-0.2, 0) is 5.41 Å². The molecule has 1 heterocycles. The Balaban J connectivity index is 1.31. The average Bonchev–Trinajstić information content (AvgIpc) is 2.97. The molecule has 1 spiro atoms. The van der Waals surface area contributed by atoms with Gasteiger partial charge in [-0.2, -0.15) is 0 Å². The van der Waals surface area contributed by atoms with Crippen LogP contribution in [0.15, 0.2) is 54.6 Å². The lowest BCUT2D eigenvalue weighted by Crippen LogP contribution is -2.42. The second kappa shape index (κ2) is 6.45.